The number of hydrogen-bond acceptors (Lipinski definition) is 6. The number of rotatable bonds is 9. The Morgan fingerprint density at radius 1 is 1.08 bits per heavy atom. The predicted molar refractivity (Wildman–Crippen MR) is 152 cm³/mol. The zero-order valence-electron chi connectivity index (χ0n) is 22.7. The van der Waals surface area contributed by atoms with Crippen LogP contribution in [0.5, 0.6) is 5.75 Å². The second kappa shape index (κ2) is 12.6. The van der Waals surface area contributed by atoms with Crippen LogP contribution in [-0.2, 0) is 27.8 Å². The summed E-state index contributed by atoms with van der Waals surface area (Å²) in [5.41, 5.74) is 2.13. The number of aliphatic hydroxyl groups excluding tert-OH is 1. The van der Waals surface area contributed by atoms with Crippen LogP contribution in [0.15, 0.2) is 83.8 Å². The molecule has 0 saturated heterocycles. The first kappa shape index (κ1) is 28.6. The van der Waals surface area contributed by atoms with Crippen molar-refractivity contribution in [2.45, 2.75) is 43.9 Å². The topological polar surface area (TPSA) is 99.2 Å². The Morgan fingerprint density at radius 2 is 1.74 bits per heavy atom. The average molecular weight is 552 g/mol. The third-order valence-electron chi connectivity index (χ3n) is 7.01. The molecule has 0 spiro atoms. The Balaban J connectivity index is 1.63. The van der Waals surface area contributed by atoms with E-state index in [1.807, 2.05) is 32.2 Å². The van der Waals surface area contributed by atoms with Gasteiger partial charge in [0.25, 0.3) is 10.0 Å². The first-order valence-corrected chi connectivity index (χ1v) is 14.6. The van der Waals surface area contributed by atoms with Gasteiger partial charge in [-0.05, 0) is 49.9 Å². The van der Waals surface area contributed by atoms with Crippen molar-refractivity contribution >= 4 is 21.6 Å². The fourth-order valence-electron chi connectivity index (χ4n) is 4.79. The van der Waals surface area contributed by atoms with E-state index < -0.39 is 10.0 Å². The molecule has 9 heteroatoms. The van der Waals surface area contributed by atoms with Gasteiger partial charge in [0, 0.05) is 36.8 Å². The third-order valence-corrected chi connectivity index (χ3v) is 8.41. The van der Waals surface area contributed by atoms with Gasteiger partial charge in [0.05, 0.1) is 24.0 Å². The average Bonchev–Trinajstić information content (AvgIpc) is 2.96. The zero-order valence-corrected chi connectivity index (χ0v) is 23.5. The van der Waals surface area contributed by atoms with Crippen LogP contribution in [0.3, 0.4) is 0 Å². The van der Waals surface area contributed by atoms with Crippen LogP contribution in [0.1, 0.15) is 25.0 Å². The highest BCUT2D eigenvalue weighted by molar-refractivity contribution is 7.92. The van der Waals surface area contributed by atoms with Crippen molar-refractivity contribution in [1.29, 1.82) is 0 Å². The molecule has 3 aromatic carbocycles. The number of ether oxygens (including phenoxy) is 1. The van der Waals surface area contributed by atoms with E-state index in [0.717, 1.165) is 6.54 Å². The van der Waals surface area contributed by atoms with Gasteiger partial charge in [-0.2, -0.15) is 0 Å². The lowest BCUT2D eigenvalue weighted by molar-refractivity contribution is -0.134. The number of aliphatic hydroxyl groups is 1. The molecule has 8 nitrogen and oxygen atoms in total. The molecule has 0 fully saturated rings. The SMILES string of the molecule is C[C@@H]1CN([C@H](C)CO)C(=O)Cc2cc(NS(=O)(=O)c3ccccc3)ccc2O[C@@H]1CN(C)Cc1ccccc1. The van der Waals surface area contributed by atoms with E-state index in [0.29, 0.717) is 30.1 Å². The second-order valence-corrected chi connectivity index (χ2v) is 12.0. The molecule has 1 aliphatic rings. The molecule has 4 rings (SSSR count). The highest BCUT2D eigenvalue weighted by Gasteiger charge is 2.31. The number of sulfonamides is 1. The first-order chi connectivity index (χ1) is 18.7. The van der Waals surface area contributed by atoms with Crippen molar-refractivity contribution in [1.82, 2.24) is 9.80 Å². The van der Waals surface area contributed by atoms with E-state index in [4.69, 9.17) is 4.74 Å². The summed E-state index contributed by atoms with van der Waals surface area (Å²) in [4.78, 5) is 17.5. The van der Waals surface area contributed by atoms with Crippen molar-refractivity contribution in [2.24, 2.45) is 5.92 Å². The minimum Gasteiger partial charge on any atom is -0.488 e. The van der Waals surface area contributed by atoms with Crippen LogP contribution in [0.25, 0.3) is 0 Å². The van der Waals surface area contributed by atoms with E-state index in [1.165, 1.54) is 17.7 Å². The van der Waals surface area contributed by atoms with Crippen LogP contribution in [0.4, 0.5) is 5.69 Å². The van der Waals surface area contributed by atoms with Gasteiger partial charge in [0.15, 0.2) is 0 Å². The second-order valence-electron chi connectivity index (χ2n) is 10.3. The highest BCUT2D eigenvalue weighted by Crippen LogP contribution is 2.30. The molecule has 39 heavy (non-hydrogen) atoms. The summed E-state index contributed by atoms with van der Waals surface area (Å²) < 4.78 is 35.0. The van der Waals surface area contributed by atoms with Crippen LogP contribution < -0.4 is 9.46 Å². The molecule has 0 aromatic heterocycles. The van der Waals surface area contributed by atoms with E-state index >= 15 is 0 Å². The smallest absolute Gasteiger partial charge is 0.261 e. The summed E-state index contributed by atoms with van der Waals surface area (Å²) in [5.74, 6) is 0.382. The van der Waals surface area contributed by atoms with Gasteiger partial charge in [-0.1, -0.05) is 55.5 Å². The maximum absolute atomic E-state index is 13.4. The molecule has 0 saturated carbocycles. The van der Waals surface area contributed by atoms with E-state index in [-0.39, 0.29) is 41.9 Å². The van der Waals surface area contributed by atoms with E-state index in [1.54, 1.807) is 41.3 Å². The first-order valence-electron chi connectivity index (χ1n) is 13.2. The molecule has 208 valence electrons. The van der Waals surface area contributed by atoms with Gasteiger partial charge in [0.1, 0.15) is 11.9 Å². The van der Waals surface area contributed by atoms with Gasteiger partial charge < -0.3 is 14.7 Å². The van der Waals surface area contributed by atoms with Gasteiger partial charge in [-0.3, -0.25) is 14.4 Å². The lowest BCUT2D eigenvalue weighted by Crippen LogP contribution is -2.47. The Bertz CT molecular complexity index is 1350. The molecule has 0 aliphatic carbocycles. The number of carbonyl (C=O) groups excluding carboxylic acids is 1. The van der Waals surface area contributed by atoms with Gasteiger partial charge in [0.2, 0.25) is 5.91 Å². The minimum absolute atomic E-state index is 0.0246. The number of nitrogens with zero attached hydrogens (tertiary/aromatic N) is 2. The normalized spacial score (nSPS) is 18.9. The summed E-state index contributed by atoms with van der Waals surface area (Å²) in [7, 11) is -1.76. The van der Waals surface area contributed by atoms with Crippen LogP contribution in [0, 0.1) is 5.92 Å². The molecule has 0 unspecified atom stereocenters. The monoisotopic (exact) mass is 551 g/mol. The van der Waals surface area contributed by atoms with Crippen LogP contribution in [-0.4, -0.2) is 68.1 Å². The largest absolute Gasteiger partial charge is 0.488 e. The summed E-state index contributed by atoms with van der Waals surface area (Å²) >= 11 is 0. The molecule has 3 aromatic rings. The van der Waals surface area contributed by atoms with Gasteiger partial charge in [-0.15, -0.1) is 0 Å². The number of hydrogen-bond donors (Lipinski definition) is 2. The number of carbonyl (C=O) groups is 1. The van der Waals surface area contributed by atoms with Gasteiger partial charge in [-0.25, -0.2) is 8.42 Å². The maximum Gasteiger partial charge on any atom is 0.261 e. The fraction of sp³-hybridized carbons (Fsp3) is 0.367. The quantitative estimate of drug-likeness (QED) is 0.420. The lowest BCUT2D eigenvalue weighted by atomic mass is 10.0. The van der Waals surface area contributed by atoms with Crippen LogP contribution >= 0.6 is 0 Å². The van der Waals surface area contributed by atoms with Crippen molar-refractivity contribution < 1.29 is 23.1 Å². The standard InChI is InChI=1S/C30H37N3O5S/c1-22-18-33(23(2)21-34)30(35)17-25-16-26(31-39(36,37)27-12-8-5-9-13-27)14-15-28(25)38-29(22)20-32(3)19-24-10-6-4-7-11-24/h4-16,22-23,29,31,34H,17-21H2,1-3H3/t22-,23-,29-/m1/s1. The van der Waals surface area contributed by atoms with Crippen molar-refractivity contribution in [3.8, 4) is 5.75 Å². The van der Waals surface area contributed by atoms with E-state index in [9.17, 15) is 18.3 Å². The predicted octanol–water partition coefficient (Wildman–Crippen LogP) is 3.77. The lowest BCUT2D eigenvalue weighted by Gasteiger charge is -2.34. The van der Waals surface area contributed by atoms with Crippen molar-refractivity contribution in [2.75, 3.05) is 31.5 Å². The van der Waals surface area contributed by atoms with Crippen LogP contribution in [0.2, 0.25) is 0 Å². The number of anilines is 1. The number of nitrogens with one attached hydrogen (secondary N) is 1. The molecule has 3 atom stereocenters. The Labute approximate surface area is 231 Å². The van der Waals surface area contributed by atoms with Crippen molar-refractivity contribution in [3.05, 3.63) is 90.0 Å². The van der Waals surface area contributed by atoms with Crippen molar-refractivity contribution in [3.63, 3.8) is 0 Å². The third kappa shape index (κ3) is 7.38. The molecule has 0 radical (unpaired) electrons. The molecular weight excluding hydrogens is 514 g/mol. The summed E-state index contributed by atoms with van der Waals surface area (Å²) in [6.45, 7) is 5.53. The fourth-order valence-corrected chi connectivity index (χ4v) is 5.86. The Morgan fingerprint density at radius 3 is 2.41 bits per heavy atom. The molecular formula is C30H37N3O5S. The zero-order chi connectivity index (χ0) is 28.0. The molecule has 1 amide bonds. The number of fused-ring (bicyclic) bond motifs is 1. The Kier molecular flexibility index (Phi) is 9.27. The summed E-state index contributed by atoms with van der Waals surface area (Å²) in [6, 6.07) is 23.0. The van der Waals surface area contributed by atoms with E-state index in [2.05, 4.69) is 28.7 Å². The molecule has 2 N–H and O–H groups in total. The molecule has 1 heterocycles. The maximum atomic E-state index is 13.4. The molecule has 1 aliphatic heterocycles. The highest BCUT2D eigenvalue weighted by atomic mass is 32.2. The number of amides is 1. The number of benzene rings is 3. The molecule has 0 bridgehead atoms. The number of likely N-dealkylation sites (N-methyl/N-ethyl adjacent to an activating group) is 1. The summed E-state index contributed by atoms with van der Waals surface area (Å²) in [6.07, 6.45) is -0.219. The Hall–Kier alpha value is -3.40. The minimum atomic E-state index is -3.80. The van der Waals surface area contributed by atoms with Gasteiger partial charge >= 0.3 is 0 Å². The summed E-state index contributed by atoms with van der Waals surface area (Å²) in [5, 5.41) is 9.86.